The van der Waals surface area contributed by atoms with E-state index in [1.165, 1.54) is 0 Å². The minimum Gasteiger partial charge on any atom is -0.480 e. The van der Waals surface area contributed by atoms with Crippen LogP contribution in [0, 0.1) is 0 Å². The summed E-state index contributed by atoms with van der Waals surface area (Å²) in [6.45, 7) is 7.91. The lowest BCUT2D eigenvalue weighted by Gasteiger charge is -2.39. The van der Waals surface area contributed by atoms with Crippen molar-refractivity contribution in [3.8, 4) is 0 Å². The van der Waals surface area contributed by atoms with Crippen LogP contribution in [0.1, 0.15) is 52.9 Å². The normalized spacial score (nSPS) is 26.9. The first-order valence-corrected chi connectivity index (χ1v) is 7.70. The summed E-state index contributed by atoms with van der Waals surface area (Å²) in [6.07, 6.45) is 4.04. The van der Waals surface area contributed by atoms with Crippen LogP contribution >= 0.6 is 0 Å². The highest BCUT2D eigenvalue weighted by molar-refractivity contribution is 5.79. The minimum absolute atomic E-state index is 0.0105. The third-order valence-corrected chi connectivity index (χ3v) is 3.61. The lowest BCUT2D eigenvalue weighted by atomic mass is 9.79. The summed E-state index contributed by atoms with van der Waals surface area (Å²) < 4.78 is 11.2. The molecule has 118 valence electrons. The summed E-state index contributed by atoms with van der Waals surface area (Å²) in [5.74, 6) is -0.762. The van der Waals surface area contributed by atoms with E-state index in [0.717, 1.165) is 25.9 Å². The second-order valence-electron chi connectivity index (χ2n) is 5.89. The molecular weight excluding hydrogens is 258 g/mol. The van der Waals surface area contributed by atoms with Crippen molar-refractivity contribution in [3.05, 3.63) is 0 Å². The average molecular weight is 287 g/mol. The Bertz CT molecular complexity index is 296. The number of aliphatic carboxylic acids is 1. The third-order valence-electron chi connectivity index (χ3n) is 3.61. The van der Waals surface area contributed by atoms with Crippen molar-refractivity contribution < 1.29 is 19.4 Å². The lowest BCUT2D eigenvalue weighted by Crippen LogP contribution is -2.58. The maximum absolute atomic E-state index is 11.6. The van der Waals surface area contributed by atoms with E-state index < -0.39 is 11.5 Å². The minimum atomic E-state index is -0.832. The van der Waals surface area contributed by atoms with Gasteiger partial charge in [0.1, 0.15) is 5.54 Å². The van der Waals surface area contributed by atoms with Gasteiger partial charge in [-0.3, -0.25) is 10.1 Å². The molecule has 1 aliphatic carbocycles. The molecule has 0 bridgehead atoms. The van der Waals surface area contributed by atoms with E-state index in [2.05, 4.69) is 12.2 Å². The van der Waals surface area contributed by atoms with E-state index in [-0.39, 0.29) is 12.1 Å². The molecule has 0 aromatic heterocycles. The van der Waals surface area contributed by atoms with Gasteiger partial charge in [0.15, 0.2) is 0 Å². The van der Waals surface area contributed by atoms with E-state index in [1.807, 2.05) is 13.8 Å². The molecule has 0 amide bonds. The average Bonchev–Trinajstić information content (AvgIpc) is 2.38. The van der Waals surface area contributed by atoms with Crippen LogP contribution in [0.2, 0.25) is 0 Å². The van der Waals surface area contributed by atoms with Crippen molar-refractivity contribution in [2.45, 2.75) is 70.6 Å². The summed E-state index contributed by atoms with van der Waals surface area (Å²) in [6, 6.07) is 0.151. The van der Waals surface area contributed by atoms with Gasteiger partial charge in [-0.1, -0.05) is 6.92 Å². The van der Waals surface area contributed by atoms with Gasteiger partial charge in [-0.25, -0.2) is 0 Å². The number of carboxylic acid groups (broad SMARTS) is 1. The Morgan fingerprint density at radius 1 is 1.40 bits per heavy atom. The van der Waals surface area contributed by atoms with Crippen LogP contribution in [-0.2, 0) is 14.3 Å². The summed E-state index contributed by atoms with van der Waals surface area (Å²) >= 11 is 0. The second kappa shape index (κ2) is 8.60. The van der Waals surface area contributed by atoms with Crippen molar-refractivity contribution in [2.24, 2.45) is 0 Å². The van der Waals surface area contributed by atoms with Crippen molar-refractivity contribution in [2.75, 3.05) is 19.8 Å². The molecule has 0 spiro atoms. The number of hydrogen-bond acceptors (Lipinski definition) is 4. The molecule has 20 heavy (non-hydrogen) atoms. The van der Waals surface area contributed by atoms with Crippen molar-refractivity contribution in [1.29, 1.82) is 0 Å². The number of ether oxygens (including phenoxy) is 2. The molecule has 0 radical (unpaired) electrons. The fourth-order valence-corrected chi connectivity index (χ4v) is 2.83. The molecule has 5 nitrogen and oxygen atoms in total. The molecule has 1 fully saturated rings. The first-order chi connectivity index (χ1) is 9.50. The number of rotatable bonds is 9. The molecule has 1 rings (SSSR count). The SMILES string of the molecule is CCCOCCOC1CCCC(NC(C)C)(C(=O)O)C1. The van der Waals surface area contributed by atoms with Crippen LogP contribution in [0.3, 0.4) is 0 Å². The molecular formula is C15H29NO4. The van der Waals surface area contributed by atoms with Crippen molar-refractivity contribution in [3.63, 3.8) is 0 Å². The predicted molar refractivity (Wildman–Crippen MR) is 78.0 cm³/mol. The standard InChI is InChI=1S/C15H29NO4/c1-4-8-19-9-10-20-13-6-5-7-15(11-13,14(17)18)16-12(2)3/h12-13,16H,4-11H2,1-3H3,(H,17,18). The highest BCUT2D eigenvalue weighted by atomic mass is 16.5. The van der Waals surface area contributed by atoms with Gasteiger partial charge in [-0.05, 0) is 39.5 Å². The van der Waals surface area contributed by atoms with E-state index >= 15 is 0 Å². The van der Waals surface area contributed by atoms with Gasteiger partial charge >= 0.3 is 5.97 Å². The molecule has 0 saturated heterocycles. The lowest BCUT2D eigenvalue weighted by molar-refractivity contribution is -0.150. The highest BCUT2D eigenvalue weighted by Gasteiger charge is 2.43. The van der Waals surface area contributed by atoms with Crippen LogP contribution in [0.15, 0.2) is 0 Å². The van der Waals surface area contributed by atoms with E-state index in [0.29, 0.717) is 26.1 Å². The molecule has 2 atom stereocenters. The van der Waals surface area contributed by atoms with Gasteiger partial charge in [0.05, 0.1) is 19.3 Å². The van der Waals surface area contributed by atoms with E-state index in [1.54, 1.807) is 0 Å². The molecule has 0 aliphatic heterocycles. The van der Waals surface area contributed by atoms with Gasteiger partial charge in [0, 0.05) is 19.1 Å². The Labute approximate surface area is 122 Å². The van der Waals surface area contributed by atoms with E-state index in [4.69, 9.17) is 9.47 Å². The molecule has 0 heterocycles. The molecule has 2 unspecified atom stereocenters. The van der Waals surface area contributed by atoms with Crippen LogP contribution in [0.4, 0.5) is 0 Å². The van der Waals surface area contributed by atoms with Crippen LogP contribution in [0.5, 0.6) is 0 Å². The fourth-order valence-electron chi connectivity index (χ4n) is 2.83. The van der Waals surface area contributed by atoms with Gasteiger partial charge in [-0.15, -0.1) is 0 Å². The third kappa shape index (κ3) is 5.38. The maximum Gasteiger partial charge on any atom is 0.324 e. The quantitative estimate of drug-likeness (QED) is 0.636. The first kappa shape index (κ1) is 17.4. The van der Waals surface area contributed by atoms with Gasteiger partial charge < -0.3 is 14.6 Å². The zero-order valence-electron chi connectivity index (χ0n) is 13.0. The van der Waals surface area contributed by atoms with Crippen LogP contribution in [-0.4, -0.2) is 48.6 Å². The van der Waals surface area contributed by atoms with Crippen LogP contribution in [0.25, 0.3) is 0 Å². The summed E-state index contributed by atoms with van der Waals surface area (Å²) in [5, 5.41) is 12.8. The molecule has 5 heteroatoms. The number of carbonyl (C=O) groups is 1. The van der Waals surface area contributed by atoms with Crippen LogP contribution < -0.4 is 5.32 Å². The zero-order valence-corrected chi connectivity index (χ0v) is 13.0. The molecule has 1 aliphatic rings. The summed E-state index contributed by atoms with van der Waals surface area (Å²) in [7, 11) is 0. The number of carboxylic acids is 1. The maximum atomic E-state index is 11.6. The van der Waals surface area contributed by atoms with Crippen molar-refractivity contribution >= 4 is 5.97 Å². The second-order valence-corrected chi connectivity index (χ2v) is 5.89. The molecule has 0 aromatic carbocycles. The largest absolute Gasteiger partial charge is 0.480 e. The topological polar surface area (TPSA) is 67.8 Å². The molecule has 0 aromatic rings. The smallest absolute Gasteiger partial charge is 0.324 e. The summed E-state index contributed by atoms with van der Waals surface area (Å²) in [5.41, 5.74) is -0.832. The van der Waals surface area contributed by atoms with E-state index in [9.17, 15) is 9.90 Å². The van der Waals surface area contributed by atoms with Gasteiger partial charge in [-0.2, -0.15) is 0 Å². The Balaban J connectivity index is 2.44. The number of nitrogens with one attached hydrogen (secondary N) is 1. The zero-order chi connectivity index (χ0) is 15.0. The Kier molecular flexibility index (Phi) is 7.48. The van der Waals surface area contributed by atoms with Gasteiger partial charge in [0.2, 0.25) is 0 Å². The molecule has 2 N–H and O–H groups in total. The molecule has 1 saturated carbocycles. The van der Waals surface area contributed by atoms with Crippen molar-refractivity contribution in [1.82, 2.24) is 5.32 Å². The summed E-state index contributed by atoms with van der Waals surface area (Å²) in [4.78, 5) is 11.6. The monoisotopic (exact) mass is 287 g/mol. The number of hydrogen-bond donors (Lipinski definition) is 2. The Morgan fingerprint density at radius 2 is 2.15 bits per heavy atom. The van der Waals surface area contributed by atoms with Gasteiger partial charge in [0.25, 0.3) is 0 Å². The first-order valence-electron chi connectivity index (χ1n) is 7.70. The predicted octanol–water partition coefficient (Wildman–Crippen LogP) is 2.19. The Hall–Kier alpha value is -0.650. The highest BCUT2D eigenvalue weighted by Crippen LogP contribution is 2.31. The fraction of sp³-hybridized carbons (Fsp3) is 0.933. The Morgan fingerprint density at radius 3 is 2.75 bits per heavy atom.